The van der Waals surface area contributed by atoms with E-state index in [0.29, 0.717) is 28.6 Å². The molecule has 0 radical (unpaired) electrons. The topological polar surface area (TPSA) is 100 Å². The van der Waals surface area contributed by atoms with Gasteiger partial charge in [0, 0.05) is 18.9 Å². The van der Waals surface area contributed by atoms with Gasteiger partial charge in [-0.15, -0.1) is 0 Å². The predicted octanol–water partition coefficient (Wildman–Crippen LogP) is 3.09. The molecule has 1 aliphatic heterocycles. The van der Waals surface area contributed by atoms with Crippen LogP contribution in [-0.2, 0) is 16.1 Å². The van der Waals surface area contributed by atoms with Crippen LogP contribution in [0.1, 0.15) is 23.5 Å². The summed E-state index contributed by atoms with van der Waals surface area (Å²) in [5, 5.41) is 15.8. The molecule has 0 aliphatic carbocycles. The first-order valence-electron chi connectivity index (χ1n) is 9.65. The van der Waals surface area contributed by atoms with Crippen molar-refractivity contribution in [2.24, 2.45) is 0 Å². The zero-order chi connectivity index (χ0) is 22.2. The molecule has 0 saturated heterocycles. The number of benzene rings is 2. The van der Waals surface area contributed by atoms with Crippen LogP contribution in [0.15, 0.2) is 59.1 Å². The Morgan fingerprint density at radius 3 is 2.61 bits per heavy atom. The van der Waals surface area contributed by atoms with Crippen molar-refractivity contribution in [3.63, 3.8) is 0 Å². The lowest BCUT2D eigenvalue weighted by Gasteiger charge is -2.25. The molecule has 2 aromatic carbocycles. The number of carbonyl (C=O) groups is 2. The zero-order valence-corrected chi connectivity index (χ0v) is 18.1. The van der Waals surface area contributed by atoms with Crippen LogP contribution in [0.3, 0.4) is 0 Å². The standard InChI is InChI=1S/C23H23N3O4S/c1-29-19-9-8-16(10-20(19)30-2)17-11-21(27)26-23(18(17)12-24)31-14-22(28)25-13-15-6-4-3-5-7-15/h3-10,17H,11,13-14H2,1-2H3,(H,25,28)(H,26,27)/t17-/m1/s1. The van der Waals surface area contributed by atoms with Crippen molar-refractivity contribution in [2.75, 3.05) is 20.0 Å². The number of nitriles is 1. The van der Waals surface area contributed by atoms with Crippen molar-refractivity contribution in [1.82, 2.24) is 10.6 Å². The maximum Gasteiger partial charge on any atom is 0.230 e. The van der Waals surface area contributed by atoms with Gasteiger partial charge in [-0.1, -0.05) is 48.2 Å². The maximum atomic E-state index is 12.3. The Bertz CT molecular complexity index is 1030. The van der Waals surface area contributed by atoms with Gasteiger partial charge < -0.3 is 20.1 Å². The molecule has 0 spiro atoms. The predicted molar refractivity (Wildman–Crippen MR) is 118 cm³/mol. The lowest BCUT2D eigenvalue weighted by atomic mass is 9.87. The molecule has 2 aromatic rings. The molecule has 0 unspecified atom stereocenters. The molecule has 1 heterocycles. The van der Waals surface area contributed by atoms with E-state index < -0.39 is 5.92 Å². The van der Waals surface area contributed by atoms with Gasteiger partial charge in [-0.05, 0) is 23.3 Å². The van der Waals surface area contributed by atoms with E-state index in [-0.39, 0.29) is 24.0 Å². The van der Waals surface area contributed by atoms with E-state index in [9.17, 15) is 14.9 Å². The Morgan fingerprint density at radius 1 is 1.19 bits per heavy atom. The number of rotatable bonds is 8. The third-order valence-corrected chi connectivity index (χ3v) is 5.86. The minimum atomic E-state index is -0.423. The molecule has 160 valence electrons. The van der Waals surface area contributed by atoms with Crippen LogP contribution in [0, 0.1) is 11.3 Å². The first kappa shape index (κ1) is 22.2. The second kappa shape index (κ2) is 10.5. The molecular formula is C23H23N3O4S. The van der Waals surface area contributed by atoms with Crippen LogP contribution >= 0.6 is 11.8 Å². The molecule has 7 nitrogen and oxygen atoms in total. The highest BCUT2D eigenvalue weighted by atomic mass is 32.2. The van der Waals surface area contributed by atoms with E-state index >= 15 is 0 Å². The number of hydrogen-bond acceptors (Lipinski definition) is 6. The normalized spacial score (nSPS) is 15.6. The van der Waals surface area contributed by atoms with Crippen LogP contribution in [-0.4, -0.2) is 31.8 Å². The summed E-state index contributed by atoms with van der Waals surface area (Å²) in [4.78, 5) is 24.6. The van der Waals surface area contributed by atoms with Gasteiger partial charge in [-0.25, -0.2) is 0 Å². The van der Waals surface area contributed by atoms with E-state index in [0.717, 1.165) is 22.9 Å². The lowest BCUT2D eigenvalue weighted by Crippen LogP contribution is -2.32. The Morgan fingerprint density at radius 2 is 1.94 bits per heavy atom. The van der Waals surface area contributed by atoms with Gasteiger partial charge in [0.15, 0.2) is 11.5 Å². The fraction of sp³-hybridized carbons (Fsp3) is 0.261. The fourth-order valence-electron chi connectivity index (χ4n) is 3.27. The van der Waals surface area contributed by atoms with Gasteiger partial charge in [0.05, 0.1) is 36.6 Å². The summed E-state index contributed by atoms with van der Waals surface area (Å²) < 4.78 is 10.6. The quantitative estimate of drug-likeness (QED) is 0.658. The monoisotopic (exact) mass is 437 g/mol. The van der Waals surface area contributed by atoms with Gasteiger partial charge in [0.25, 0.3) is 0 Å². The molecule has 3 rings (SSSR count). The van der Waals surface area contributed by atoms with Crippen LogP contribution in [0.4, 0.5) is 0 Å². The summed E-state index contributed by atoms with van der Waals surface area (Å²) in [5.41, 5.74) is 2.20. The molecule has 31 heavy (non-hydrogen) atoms. The fourth-order valence-corrected chi connectivity index (χ4v) is 4.18. The second-order valence-electron chi connectivity index (χ2n) is 6.82. The van der Waals surface area contributed by atoms with Gasteiger partial charge in [-0.3, -0.25) is 9.59 Å². The number of amides is 2. The Kier molecular flexibility index (Phi) is 7.57. The number of carbonyl (C=O) groups excluding carboxylic acids is 2. The number of hydrogen-bond donors (Lipinski definition) is 2. The van der Waals surface area contributed by atoms with Crippen molar-refractivity contribution < 1.29 is 19.1 Å². The van der Waals surface area contributed by atoms with E-state index in [2.05, 4.69) is 16.7 Å². The van der Waals surface area contributed by atoms with Crippen LogP contribution in [0.2, 0.25) is 0 Å². The van der Waals surface area contributed by atoms with Gasteiger partial charge in [0.2, 0.25) is 11.8 Å². The van der Waals surface area contributed by atoms with Crippen molar-refractivity contribution >= 4 is 23.6 Å². The van der Waals surface area contributed by atoms with E-state index in [1.54, 1.807) is 19.2 Å². The summed E-state index contributed by atoms with van der Waals surface area (Å²) in [6.45, 7) is 0.422. The smallest absolute Gasteiger partial charge is 0.230 e. The summed E-state index contributed by atoms with van der Waals surface area (Å²) in [6, 6.07) is 17.1. The molecule has 0 aromatic heterocycles. The first-order chi connectivity index (χ1) is 15.0. The van der Waals surface area contributed by atoms with Crippen molar-refractivity contribution in [1.29, 1.82) is 5.26 Å². The zero-order valence-electron chi connectivity index (χ0n) is 17.3. The Hall–Kier alpha value is -3.44. The minimum absolute atomic E-state index is 0.0896. The Labute approximate surface area is 185 Å². The van der Waals surface area contributed by atoms with Gasteiger partial charge in [0.1, 0.15) is 0 Å². The lowest BCUT2D eigenvalue weighted by molar-refractivity contribution is -0.121. The molecule has 0 fully saturated rings. The number of thioether (sulfide) groups is 1. The summed E-state index contributed by atoms with van der Waals surface area (Å²) in [5.74, 6) is 0.378. The number of methoxy groups -OCH3 is 2. The van der Waals surface area contributed by atoms with Crippen LogP contribution in [0.5, 0.6) is 11.5 Å². The molecule has 8 heteroatoms. The molecule has 0 bridgehead atoms. The molecule has 2 N–H and O–H groups in total. The molecule has 1 aliphatic rings. The van der Waals surface area contributed by atoms with E-state index in [1.165, 1.54) is 7.11 Å². The van der Waals surface area contributed by atoms with Crippen molar-refractivity contribution in [3.05, 3.63) is 70.3 Å². The highest BCUT2D eigenvalue weighted by molar-refractivity contribution is 8.03. The average molecular weight is 438 g/mol. The SMILES string of the molecule is COc1ccc([C@H]2CC(=O)NC(SCC(=O)NCc3ccccc3)=C2C#N)cc1OC. The third-order valence-electron chi connectivity index (χ3n) is 4.85. The molecule has 2 amide bonds. The minimum Gasteiger partial charge on any atom is -0.493 e. The molecule has 0 saturated carbocycles. The van der Waals surface area contributed by atoms with Crippen LogP contribution < -0.4 is 20.1 Å². The number of allylic oxidation sites excluding steroid dienone is 1. The van der Waals surface area contributed by atoms with Crippen molar-refractivity contribution in [3.8, 4) is 17.6 Å². The Balaban J connectivity index is 1.74. The number of ether oxygens (including phenoxy) is 2. The summed E-state index contributed by atoms with van der Waals surface area (Å²) >= 11 is 1.15. The molecule has 1 atom stereocenters. The van der Waals surface area contributed by atoms with E-state index in [4.69, 9.17) is 9.47 Å². The highest BCUT2D eigenvalue weighted by Crippen LogP contribution is 2.39. The van der Waals surface area contributed by atoms with Crippen LogP contribution in [0.25, 0.3) is 0 Å². The van der Waals surface area contributed by atoms with Crippen molar-refractivity contribution in [2.45, 2.75) is 18.9 Å². The highest BCUT2D eigenvalue weighted by Gasteiger charge is 2.30. The number of nitrogens with one attached hydrogen (secondary N) is 2. The third kappa shape index (κ3) is 5.58. The second-order valence-corrected chi connectivity index (χ2v) is 7.81. The summed E-state index contributed by atoms with van der Waals surface area (Å²) in [6.07, 6.45) is 0.142. The van der Waals surface area contributed by atoms with E-state index in [1.807, 2.05) is 36.4 Å². The first-order valence-corrected chi connectivity index (χ1v) is 10.6. The van der Waals surface area contributed by atoms with Gasteiger partial charge >= 0.3 is 0 Å². The molecular weight excluding hydrogens is 414 g/mol. The van der Waals surface area contributed by atoms with Gasteiger partial charge in [-0.2, -0.15) is 5.26 Å². The average Bonchev–Trinajstić information content (AvgIpc) is 2.81. The largest absolute Gasteiger partial charge is 0.493 e. The summed E-state index contributed by atoms with van der Waals surface area (Å²) in [7, 11) is 3.08. The maximum absolute atomic E-state index is 12.3. The number of nitrogens with zero attached hydrogens (tertiary/aromatic N) is 1.